The Labute approximate surface area is 151 Å². The minimum atomic E-state index is 0.909. The van der Waals surface area contributed by atoms with E-state index >= 15 is 0 Å². The first-order valence-electron chi connectivity index (χ1n) is 8.87. The molecule has 126 valence electrons. The highest BCUT2D eigenvalue weighted by atomic mass is 15.2. The highest BCUT2D eigenvalue weighted by Crippen LogP contribution is 2.34. The first-order valence-corrected chi connectivity index (χ1v) is 8.87. The maximum absolute atomic E-state index is 4.92. The van der Waals surface area contributed by atoms with Gasteiger partial charge in [0, 0.05) is 16.5 Å². The van der Waals surface area contributed by atoms with Crippen LogP contribution in [0, 0.1) is 20.8 Å². The smallest absolute Gasteiger partial charge is 0.112 e. The molecule has 5 rings (SSSR count). The van der Waals surface area contributed by atoms with Crippen LogP contribution in [0.15, 0.2) is 60.7 Å². The van der Waals surface area contributed by atoms with Crippen molar-refractivity contribution in [2.75, 3.05) is 0 Å². The fraction of sp³-hybridized carbons (Fsp3) is 0.130. The van der Waals surface area contributed by atoms with E-state index in [4.69, 9.17) is 5.10 Å². The number of pyridine rings is 2. The van der Waals surface area contributed by atoms with Gasteiger partial charge < -0.3 is 0 Å². The van der Waals surface area contributed by atoms with Gasteiger partial charge in [0.2, 0.25) is 0 Å². The zero-order valence-corrected chi connectivity index (χ0v) is 15.1. The lowest BCUT2D eigenvalue weighted by molar-refractivity contribution is 1.00. The van der Waals surface area contributed by atoms with Gasteiger partial charge in [0.25, 0.3) is 0 Å². The Hall–Kier alpha value is -3.20. The van der Waals surface area contributed by atoms with Crippen LogP contribution in [0.3, 0.4) is 0 Å². The predicted molar refractivity (Wildman–Crippen MR) is 108 cm³/mol. The van der Waals surface area contributed by atoms with Crippen molar-refractivity contribution in [1.29, 1.82) is 0 Å². The molecule has 5 aromatic rings. The van der Waals surface area contributed by atoms with Gasteiger partial charge in [-0.3, -0.25) is 4.98 Å². The zero-order valence-electron chi connectivity index (χ0n) is 15.1. The molecule has 2 aromatic carbocycles. The molecule has 0 saturated carbocycles. The van der Waals surface area contributed by atoms with Crippen LogP contribution in [-0.4, -0.2) is 14.6 Å². The molecule has 0 N–H and O–H groups in total. The van der Waals surface area contributed by atoms with Crippen LogP contribution in [-0.2, 0) is 0 Å². The highest BCUT2D eigenvalue weighted by Gasteiger charge is 2.14. The molecule has 0 bridgehead atoms. The van der Waals surface area contributed by atoms with Crippen LogP contribution < -0.4 is 0 Å². The summed E-state index contributed by atoms with van der Waals surface area (Å²) in [6, 6.07) is 21.2. The van der Waals surface area contributed by atoms with Crippen LogP contribution in [0.5, 0.6) is 0 Å². The molecular weight excluding hydrogens is 318 g/mol. The van der Waals surface area contributed by atoms with E-state index in [1.165, 1.54) is 27.3 Å². The first-order chi connectivity index (χ1) is 12.6. The molecule has 0 fully saturated rings. The van der Waals surface area contributed by atoms with Crippen molar-refractivity contribution in [1.82, 2.24) is 14.6 Å². The van der Waals surface area contributed by atoms with Crippen molar-refractivity contribution in [2.24, 2.45) is 0 Å². The van der Waals surface area contributed by atoms with Gasteiger partial charge >= 0.3 is 0 Å². The Morgan fingerprint density at radius 1 is 0.731 bits per heavy atom. The third-order valence-electron chi connectivity index (χ3n) is 5.02. The highest BCUT2D eigenvalue weighted by molar-refractivity contribution is 6.14. The fourth-order valence-corrected chi connectivity index (χ4v) is 3.96. The van der Waals surface area contributed by atoms with Crippen LogP contribution in [0.25, 0.3) is 38.6 Å². The predicted octanol–water partition coefficient (Wildman–Crippen LogP) is 5.63. The molecule has 26 heavy (non-hydrogen) atoms. The van der Waals surface area contributed by atoms with Gasteiger partial charge in [-0.15, -0.1) is 0 Å². The quantitative estimate of drug-likeness (QED) is 0.371. The fourth-order valence-electron chi connectivity index (χ4n) is 3.96. The third-order valence-corrected chi connectivity index (χ3v) is 5.02. The van der Waals surface area contributed by atoms with Crippen LogP contribution in [0.2, 0.25) is 0 Å². The molecule has 0 aliphatic carbocycles. The van der Waals surface area contributed by atoms with E-state index in [9.17, 15) is 0 Å². The molecule has 0 aliphatic rings. The van der Waals surface area contributed by atoms with E-state index in [1.54, 1.807) is 0 Å². The summed E-state index contributed by atoms with van der Waals surface area (Å²) in [5.74, 6) is 0. The minimum Gasteiger partial charge on any atom is -0.251 e. The van der Waals surface area contributed by atoms with Crippen LogP contribution in [0.4, 0.5) is 0 Å². The number of aromatic nitrogens is 3. The topological polar surface area (TPSA) is 30.2 Å². The molecule has 3 aromatic heterocycles. The standard InChI is InChI=1S/C23H19N3/c1-14-11-15(2)23-18(12-14)17-8-4-5-10-21(17)26-22(23)13-20(25-26)19-9-6-7-16(3)24-19/h4-13H,1-3H3. The molecule has 0 radical (unpaired) electrons. The summed E-state index contributed by atoms with van der Waals surface area (Å²) in [6.07, 6.45) is 0. The number of nitrogens with zero attached hydrogens (tertiary/aromatic N) is 3. The number of aryl methyl sites for hydroxylation is 3. The molecule has 0 amide bonds. The van der Waals surface area contributed by atoms with E-state index in [2.05, 4.69) is 65.8 Å². The summed E-state index contributed by atoms with van der Waals surface area (Å²) < 4.78 is 2.07. The molecule has 0 unspecified atom stereocenters. The number of hydrogen-bond donors (Lipinski definition) is 0. The molecular formula is C23H19N3. The maximum atomic E-state index is 4.92. The normalized spacial score (nSPS) is 11.7. The van der Waals surface area contributed by atoms with Gasteiger partial charge in [-0.2, -0.15) is 5.10 Å². The van der Waals surface area contributed by atoms with E-state index in [0.717, 1.165) is 28.1 Å². The average molecular weight is 337 g/mol. The van der Waals surface area contributed by atoms with Crippen molar-refractivity contribution >= 4 is 27.2 Å². The lowest BCUT2D eigenvalue weighted by Gasteiger charge is -2.11. The second-order valence-corrected chi connectivity index (χ2v) is 7.01. The Bertz CT molecular complexity index is 1310. The average Bonchev–Trinajstić information content (AvgIpc) is 3.07. The Balaban J connectivity index is 1.99. The SMILES string of the molecule is Cc1cc(C)c2c(c1)c1ccccc1n1nc(-c3cccc(C)n3)cc21. The summed E-state index contributed by atoms with van der Waals surface area (Å²) in [4.78, 5) is 4.66. The van der Waals surface area contributed by atoms with Gasteiger partial charge in [-0.05, 0) is 56.0 Å². The van der Waals surface area contributed by atoms with Gasteiger partial charge in [-0.25, -0.2) is 4.52 Å². The van der Waals surface area contributed by atoms with Crippen molar-refractivity contribution < 1.29 is 0 Å². The van der Waals surface area contributed by atoms with Crippen molar-refractivity contribution in [3.05, 3.63) is 77.5 Å². The first kappa shape index (κ1) is 15.1. The zero-order chi connectivity index (χ0) is 17.8. The Morgan fingerprint density at radius 3 is 2.42 bits per heavy atom. The maximum Gasteiger partial charge on any atom is 0.112 e. The number of hydrogen-bond acceptors (Lipinski definition) is 2. The number of fused-ring (bicyclic) bond motifs is 6. The second kappa shape index (κ2) is 5.40. The monoisotopic (exact) mass is 337 g/mol. The molecule has 3 heterocycles. The third kappa shape index (κ3) is 2.14. The van der Waals surface area contributed by atoms with E-state index in [0.29, 0.717) is 0 Å². The van der Waals surface area contributed by atoms with E-state index in [-0.39, 0.29) is 0 Å². The summed E-state index contributed by atoms with van der Waals surface area (Å²) in [6.45, 7) is 6.35. The minimum absolute atomic E-state index is 0.909. The summed E-state index contributed by atoms with van der Waals surface area (Å²) in [7, 11) is 0. The van der Waals surface area contributed by atoms with Crippen LogP contribution in [0.1, 0.15) is 16.8 Å². The van der Waals surface area contributed by atoms with Crippen molar-refractivity contribution in [3.8, 4) is 11.4 Å². The Kier molecular flexibility index (Phi) is 3.13. The van der Waals surface area contributed by atoms with E-state index in [1.807, 2.05) is 25.1 Å². The van der Waals surface area contributed by atoms with Gasteiger partial charge in [0.05, 0.1) is 16.7 Å². The van der Waals surface area contributed by atoms with E-state index < -0.39 is 0 Å². The molecule has 3 heteroatoms. The number of rotatable bonds is 1. The molecule has 0 atom stereocenters. The number of benzene rings is 2. The number of para-hydroxylation sites is 1. The molecule has 3 nitrogen and oxygen atoms in total. The molecule has 0 spiro atoms. The summed E-state index contributed by atoms with van der Waals surface area (Å²) in [5, 5.41) is 8.70. The van der Waals surface area contributed by atoms with Gasteiger partial charge in [-0.1, -0.05) is 42.0 Å². The molecule has 0 saturated heterocycles. The summed E-state index contributed by atoms with van der Waals surface area (Å²) >= 11 is 0. The van der Waals surface area contributed by atoms with Gasteiger partial charge in [0.15, 0.2) is 0 Å². The lowest BCUT2D eigenvalue weighted by Crippen LogP contribution is -1.95. The largest absolute Gasteiger partial charge is 0.251 e. The van der Waals surface area contributed by atoms with Crippen LogP contribution >= 0.6 is 0 Å². The van der Waals surface area contributed by atoms with Gasteiger partial charge in [0.1, 0.15) is 5.69 Å². The van der Waals surface area contributed by atoms with Crippen molar-refractivity contribution in [2.45, 2.75) is 20.8 Å². The summed E-state index contributed by atoms with van der Waals surface area (Å²) in [5.41, 5.74) is 7.64. The lowest BCUT2D eigenvalue weighted by atomic mass is 9.98. The second-order valence-electron chi connectivity index (χ2n) is 7.01. The Morgan fingerprint density at radius 2 is 1.58 bits per heavy atom. The van der Waals surface area contributed by atoms with Crippen molar-refractivity contribution in [3.63, 3.8) is 0 Å². The molecule has 0 aliphatic heterocycles.